The third kappa shape index (κ3) is 3.72. The molecule has 0 saturated heterocycles. The van der Waals surface area contributed by atoms with Crippen LogP contribution in [0.25, 0.3) is 10.8 Å². The Balaban J connectivity index is 1.80. The van der Waals surface area contributed by atoms with Crippen LogP contribution >= 0.6 is 0 Å². The number of benzene rings is 3. The number of hydrogen-bond donors (Lipinski definition) is 1. The highest BCUT2D eigenvalue weighted by Gasteiger charge is 2.10. The maximum atomic E-state index is 5.84. The molecule has 0 aliphatic rings. The molecule has 2 heteroatoms. The van der Waals surface area contributed by atoms with E-state index in [0.29, 0.717) is 6.61 Å². The largest absolute Gasteiger partial charge is 0.493 e. The Morgan fingerprint density at radius 2 is 1.65 bits per heavy atom. The number of quaternary nitrogens is 1. The molecular weight excluding hydrogens is 282 g/mol. The number of ether oxygens (including phenoxy) is 1. The van der Waals surface area contributed by atoms with Crippen molar-refractivity contribution in [2.24, 2.45) is 0 Å². The van der Waals surface area contributed by atoms with Crippen molar-refractivity contribution in [1.82, 2.24) is 0 Å². The molecule has 2 nitrogen and oxygen atoms in total. The predicted octanol–water partition coefficient (Wildman–Crippen LogP) is 3.81. The van der Waals surface area contributed by atoms with Crippen LogP contribution < -0.4 is 10.1 Å². The van der Waals surface area contributed by atoms with Gasteiger partial charge in [-0.3, -0.25) is 0 Å². The van der Waals surface area contributed by atoms with E-state index >= 15 is 0 Å². The summed E-state index contributed by atoms with van der Waals surface area (Å²) >= 11 is 0. The van der Waals surface area contributed by atoms with Crippen LogP contribution in [-0.4, -0.2) is 6.61 Å². The normalized spacial score (nSPS) is 10.9. The van der Waals surface area contributed by atoms with Crippen molar-refractivity contribution in [2.45, 2.75) is 26.9 Å². The summed E-state index contributed by atoms with van der Waals surface area (Å²) in [5, 5.41) is 4.91. The molecule has 3 rings (SSSR count). The van der Waals surface area contributed by atoms with Gasteiger partial charge in [0.15, 0.2) is 0 Å². The molecule has 0 aliphatic heterocycles. The highest BCUT2D eigenvalue weighted by molar-refractivity contribution is 5.87. The molecule has 0 aliphatic carbocycles. The molecule has 0 atom stereocenters. The predicted molar refractivity (Wildman–Crippen MR) is 95.6 cm³/mol. The molecule has 2 N–H and O–H groups in total. The van der Waals surface area contributed by atoms with Crippen molar-refractivity contribution in [2.75, 3.05) is 6.61 Å². The van der Waals surface area contributed by atoms with Gasteiger partial charge in [-0.15, -0.1) is 0 Å². The molecule has 23 heavy (non-hydrogen) atoms. The van der Waals surface area contributed by atoms with Gasteiger partial charge in [0, 0.05) is 5.56 Å². The van der Waals surface area contributed by atoms with Gasteiger partial charge in [-0.2, -0.15) is 0 Å². The molecule has 0 unspecified atom stereocenters. The lowest BCUT2D eigenvalue weighted by Crippen LogP contribution is -2.80. The van der Waals surface area contributed by atoms with Gasteiger partial charge in [-0.25, -0.2) is 0 Å². The Bertz CT molecular complexity index is 777. The molecule has 118 valence electrons. The maximum absolute atomic E-state index is 5.84. The van der Waals surface area contributed by atoms with Gasteiger partial charge in [0.25, 0.3) is 0 Å². The Kier molecular flexibility index (Phi) is 4.94. The van der Waals surface area contributed by atoms with E-state index in [9.17, 15) is 0 Å². The van der Waals surface area contributed by atoms with Crippen molar-refractivity contribution in [1.29, 1.82) is 0 Å². The van der Waals surface area contributed by atoms with E-state index < -0.39 is 0 Å². The Hall–Kier alpha value is -2.32. The van der Waals surface area contributed by atoms with Gasteiger partial charge in [0.05, 0.1) is 12.2 Å². The standard InChI is InChI=1S/C21H23NO/c1-3-23-21-13-12-18-6-4-5-7-19(18)20(21)15-22-14-17-10-8-16(2)9-11-17/h4-13,22H,3,14-15H2,1-2H3/p+1. The summed E-state index contributed by atoms with van der Waals surface area (Å²) in [4.78, 5) is 0. The van der Waals surface area contributed by atoms with E-state index in [-0.39, 0.29) is 0 Å². The maximum Gasteiger partial charge on any atom is 0.128 e. The van der Waals surface area contributed by atoms with E-state index in [0.717, 1.165) is 18.8 Å². The summed E-state index contributed by atoms with van der Waals surface area (Å²) in [6, 6.07) is 21.5. The van der Waals surface area contributed by atoms with Crippen LogP contribution in [0.1, 0.15) is 23.6 Å². The van der Waals surface area contributed by atoms with Gasteiger partial charge in [0.2, 0.25) is 0 Å². The fourth-order valence-electron chi connectivity index (χ4n) is 2.92. The van der Waals surface area contributed by atoms with Gasteiger partial charge in [-0.1, -0.05) is 60.2 Å². The summed E-state index contributed by atoms with van der Waals surface area (Å²) < 4.78 is 5.84. The van der Waals surface area contributed by atoms with E-state index in [2.05, 4.69) is 72.9 Å². The number of aryl methyl sites for hydroxylation is 1. The minimum Gasteiger partial charge on any atom is -0.493 e. The van der Waals surface area contributed by atoms with Crippen LogP contribution in [-0.2, 0) is 13.1 Å². The minimum atomic E-state index is 0.698. The summed E-state index contributed by atoms with van der Waals surface area (Å²) in [6.07, 6.45) is 0. The van der Waals surface area contributed by atoms with E-state index in [1.54, 1.807) is 0 Å². The molecule has 0 aromatic heterocycles. The van der Waals surface area contributed by atoms with Gasteiger partial charge >= 0.3 is 0 Å². The smallest absolute Gasteiger partial charge is 0.128 e. The molecule has 3 aromatic rings. The van der Waals surface area contributed by atoms with Crippen molar-refractivity contribution >= 4 is 10.8 Å². The van der Waals surface area contributed by atoms with E-state index in [1.165, 1.54) is 27.5 Å². The fourth-order valence-corrected chi connectivity index (χ4v) is 2.92. The number of hydrogen-bond acceptors (Lipinski definition) is 1. The van der Waals surface area contributed by atoms with Crippen LogP contribution in [0, 0.1) is 6.92 Å². The third-order valence-electron chi connectivity index (χ3n) is 4.15. The summed E-state index contributed by atoms with van der Waals surface area (Å²) in [5.74, 6) is 1.01. The van der Waals surface area contributed by atoms with Crippen LogP contribution in [0.15, 0.2) is 60.7 Å². The zero-order valence-corrected chi connectivity index (χ0v) is 13.9. The van der Waals surface area contributed by atoms with Gasteiger partial charge in [-0.05, 0) is 30.7 Å². The van der Waals surface area contributed by atoms with Crippen LogP contribution in [0.4, 0.5) is 0 Å². The zero-order valence-electron chi connectivity index (χ0n) is 13.9. The van der Waals surface area contributed by atoms with Crippen LogP contribution in [0.3, 0.4) is 0 Å². The molecule has 3 aromatic carbocycles. The van der Waals surface area contributed by atoms with Crippen LogP contribution in [0.5, 0.6) is 5.75 Å². The first-order chi connectivity index (χ1) is 11.3. The Morgan fingerprint density at radius 3 is 2.43 bits per heavy atom. The first kappa shape index (κ1) is 15.6. The summed E-state index contributed by atoms with van der Waals surface area (Å²) in [5.41, 5.74) is 3.95. The fraction of sp³-hybridized carbons (Fsp3) is 0.238. The third-order valence-corrected chi connectivity index (χ3v) is 4.15. The second kappa shape index (κ2) is 7.30. The minimum absolute atomic E-state index is 0.698. The molecule has 0 heterocycles. The topological polar surface area (TPSA) is 25.8 Å². The molecule has 0 saturated carbocycles. The van der Waals surface area contributed by atoms with Crippen molar-refractivity contribution < 1.29 is 10.1 Å². The first-order valence-corrected chi connectivity index (χ1v) is 8.28. The van der Waals surface area contributed by atoms with Crippen molar-refractivity contribution in [3.05, 3.63) is 77.4 Å². The Morgan fingerprint density at radius 1 is 0.870 bits per heavy atom. The Labute approximate surface area is 138 Å². The van der Waals surface area contributed by atoms with E-state index in [1.807, 2.05) is 6.92 Å². The molecule has 0 bridgehead atoms. The second-order valence-corrected chi connectivity index (χ2v) is 5.88. The quantitative estimate of drug-likeness (QED) is 0.736. The lowest BCUT2D eigenvalue weighted by Gasteiger charge is -2.12. The number of rotatable bonds is 6. The van der Waals surface area contributed by atoms with E-state index in [4.69, 9.17) is 4.74 Å². The lowest BCUT2D eigenvalue weighted by molar-refractivity contribution is -0.686. The average molecular weight is 306 g/mol. The van der Waals surface area contributed by atoms with Crippen molar-refractivity contribution in [3.63, 3.8) is 0 Å². The van der Waals surface area contributed by atoms with Gasteiger partial charge < -0.3 is 10.1 Å². The molecule has 0 spiro atoms. The SMILES string of the molecule is CCOc1ccc2ccccc2c1C[NH2+]Cc1ccc(C)cc1. The second-order valence-electron chi connectivity index (χ2n) is 5.88. The highest BCUT2D eigenvalue weighted by Crippen LogP contribution is 2.27. The summed E-state index contributed by atoms with van der Waals surface area (Å²) in [7, 11) is 0. The first-order valence-electron chi connectivity index (χ1n) is 8.28. The van der Waals surface area contributed by atoms with Crippen molar-refractivity contribution in [3.8, 4) is 5.75 Å². The molecule has 0 radical (unpaired) electrons. The zero-order chi connectivity index (χ0) is 16.1. The lowest BCUT2D eigenvalue weighted by atomic mass is 10.0. The number of nitrogens with two attached hydrogens (primary N) is 1. The number of fused-ring (bicyclic) bond motifs is 1. The average Bonchev–Trinajstić information content (AvgIpc) is 2.58. The monoisotopic (exact) mass is 306 g/mol. The van der Waals surface area contributed by atoms with Crippen LogP contribution in [0.2, 0.25) is 0 Å². The molecule has 0 fully saturated rings. The molecular formula is C21H24NO+. The summed E-state index contributed by atoms with van der Waals surface area (Å²) in [6.45, 7) is 6.76. The molecule has 0 amide bonds. The highest BCUT2D eigenvalue weighted by atomic mass is 16.5. The van der Waals surface area contributed by atoms with Gasteiger partial charge in [0.1, 0.15) is 18.8 Å².